The van der Waals surface area contributed by atoms with Crippen molar-refractivity contribution >= 4 is 39.6 Å². The van der Waals surface area contributed by atoms with Crippen molar-refractivity contribution in [3.63, 3.8) is 0 Å². The summed E-state index contributed by atoms with van der Waals surface area (Å²) >= 11 is 3.79. The molecule has 5 rings (SSSR count). The van der Waals surface area contributed by atoms with E-state index in [4.69, 9.17) is 14.2 Å². The Bertz CT molecular complexity index is 1750. The summed E-state index contributed by atoms with van der Waals surface area (Å²) in [6.45, 7) is 17.9. The summed E-state index contributed by atoms with van der Waals surface area (Å²) in [5.41, 5.74) is -0.715. The van der Waals surface area contributed by atoms with Gasteiger partial charge in [0.1, 0.15) is 17.7 Å². The Morgan fingerprint density at radius 2 is 1.72 bits per heavy atom. The SMILES string of the molecule is C=CCCC(=O)N[C@@H](COC)[C@@H](OC(=O)[C@@H]1[C@H]2O[C@@]3(CC2Br)[C@H](C(=O)N(CC=C)C(C)(C)CC(C)(C)C)N([C@@H](CO)Cc2ccccc2)C(=O)[C@@H]13)c1ccccc1. The number of carbonyl (C=O) groups is 4. The van der Waals surface area contributed by atoms with Crippen LogP contribution in [0.4, 0.5) is 0 Å². The van der Waals surface area contributed by atoms with E-state index in [1.54, 1.807) is 17.1 Å². The predicted molar refractivity (Wildman–Crippen MR) is 222 cm³/mol. The van der Waals surface area contributed by atoms with Crippen LogP contribution in [-0.2, 0) is 39.8 Å². The second-order valence-corrected chi connectivity index (χ2v) is 18.6. The van der Waals surface area contributed by atoms with Gasteiger partial charge in [0.05, 0.1) is 43.2 Å². The van der Waals surface area contributed by atoms with E-state index in [1.165, 1.54) is 12.0 Å². The fraction of sp³-hybridized carbons (Fsp3) is 0.556. The lowest BCUT2D eigenvalue weighted by Gasteiger charge is -2.46. The molecule has 310 valence electrons. The van der Waals surface area contributed by atoms with Crippen LogP contribution >= 0.6 is 15.9 Å². The van der Waals surface area contributed by atoms with E-state index in [-0.39, 0.29) is 49.6 Å². The van der Waals surface area contributed by atoms with Gasteiger partial charge in [-0.25, -0.2) is 0 Å². The quantitative estimate of drug-likeness (QED) is 0.101. The lowest BCUT2D eigenvalue weighted by atomic mass is 9.70. The van der Waals surface area contributed by atoms with Crippen LogP contribution in [-0.4, -0.2) is 106 Å². The van der Waals surface area contributed by atoms with Crippen molar-refractivity contribution < 1.29 is 38.5 Å². The number of nitrogens with zero attached hydrogens (tertiary/aromatic N) is 2. The number of aliphatic hydroxyl groups is 1. The summed E-state index contributed by atoms with van der Waals surface area (Å²) < 4.78 is 18.8. The van der Waals surface area contributed by atoms with Gasteiger partial charge in [-0.2, -0.15) is 0 Å². The van der Waals surface area contributed by atoms with Gasteiger partial charge in [-0.3, -0.25) is 19.2 Å². The number of hydrogen-bond donors (Lipinski definition) is 2. The topological polar surface area (TPSA) is 135 Å². The van der Waals surface area contributed by atoms with Crippen LogP contribution in [0.1, 0.15) is 77.5 Å². The number of aliphatic hydroxyl groups excluding tert-OH is 1. The number of carbonyl (C=O) groups excluding carboxylic acids is 4. The van der Waals surface area contributed by atoms with Crippen LogP contribution in [0.3, 0.4) is 0 Å². The molecular formula is C45H60BrN3O8. The first kappa shape index (κ1) is 44.3. The normalized spacial score (nSPS) is 25.6. The molecule has 0 radical (unpaired) electrons. The summed E-state index contributed by atoms with van der Waals surface area (Å²) in [4.78, 5) is 61.4. The fourth-order valence-electron chi connectivity index (χ4n) is 9.58. The molecule has 2 N–H and O–H groups in total. The number of ether oxygens (including phenoxy) is 3. The molecular weight excluding hydrogens is 790 g/mol. The number of hydrogen-bond acceptors (Lipinski definition) is 8. The third-order valence-corrected chi connectivity index (χ3v) is 12.3. The number of likely N-dealkylation sites (tertiary alicyclic amines) is 1. The fourth-order valence-corrected chi connectivity index (χ4v) is 10.5. The number of esters is 1. The van der Waals surface area contributed by atoms with Gasteiger partial charge < -0.3 is 34.4 Å². The summed E-state index contributed by atoms with van der Waals surface area (Å²) in [6.07, 6.45) is 3.43. The van der Waals surface area contributed by atoms with E-state index in [0.29, 0.717) is 18.4 Å². The molecule has 0 aromatic heterocycles. The Labute approximate surface area is 346 Å². The third kappa shape index (κ3) is 9.40. The second kappa shape index (κ2) is 18.4. The molecule has 2 aromatic rings. The highest BCUT2D eigenvalue weighted by molar-refractivity contribution is 9.09. The molecule has 0 aliphatic carbocycles. The van der Waals surface area contributed by atoms with Crippen LogP contribution in [0.2, 0.25) is 0 Å². The smallest absolute Gasteiger partial charge is 0.313 e. The molecule has 3 fully saturated rings. The number of fused-ring (bicyclic) bond motifs is 1. The van der Waals surface area contributed by atoms with Crippen LogP contribution in [0.15, 0.2) is 86.0 Å². The lowest BCUT2D eigenvalue weighted by molar-refractivity contribution is -0.163. The van der Waals surface area contributed by atoms with Crippen LogP contribution in [0.25, 0.3) is 0 Å². The van der Waals surface area contributed by atoms with E-state index in [9.17, 15) is 14.7 Å². The second-order valence-electron chi connectivity index (χ2n) is 17.4. The summed E-state index contributed by atoms with van der Waals surface area (Å²) in [7, 11) is 1.50. The van der Waals surface area contributed by atoms with E-state index in [2.05, 4.69) is 55.2 Å². The van der Waals surface area contributed by atoms with Gasteiger partial charge in [0.2, 0.25) is 17.7 Å². The van der Waals surface area contributed by atoms with Gasteiger partial charge in [0.15, 0.2) is 0 Å². The molecule has 3 aliphatic rings. The van der Waals surface area contributed by atoms with Crippen molar-refractivity contribution in [3.05, 3.63) is 97.1 Å². The average molecular weight is 851 g/mol. The Kier molecular flexibility index (Phi) is 14.3. The van der Waals surface area contributed by atoms with E-state index in [1.807, 2.05) is 74.5 Å². The maximum atomic E-state index is 15.4. The minimum absolute atomic E-state index is 0.0378. The van der Waals surface area contributed by atoms with E-state index in [0.717, 1.165) is 5.56 Å². The highest BCUT2D eigenvalue weighted by atomic mass is 79.9. The minimum atomic E-state index is -1.41. The van der Waals surface area contributed by atoms with Crippen molar-refractivity contribution in [2.75, 3.05) is 26.9 Å². The van der Waals surface area contributed by atoms with Crippen molar-refractivity contribution in [2.24, 2.45) is 17.3 Å². The molecule has 3 aliphatic heterocycles. The first-order valence-corrected chi connectivity index (χ1v) is 20.8. The van der Waals surface area contributed by atoms with E-state index < -0.39 is 76.6 Å². The zero-order valence-corrected chi connectivity index (χ0v) is 35.8. The maximum absolute atomic E-state index is 15.4. The Morgan fingerprint density at radius 1 is 1.07 bits per heavy atom. The van der Waals surface area contributed by atoms with Crippen molar-refractivity contribution in [1.82, 2.24) is 15.1 Å². The number of benzene rings is 2. The number of halogens is 1. The molecule has 57 heavy (non-hydrogen) atoms. The molecule has 2 bridgehead atoms. The van der Waals surface area contributed by atoms with Crippen molar-refractivity contribution in [3.8, 4) is 0 Å². The largest absolute Gasteiger partial charge is 0.455 e. The molecule has 3 heterocycles. The predicted octanol–water partition coefficient (Wildman–Crippen LogP) is 5.95. The zero-order valence-electron chi connectivity index (χ0n) is 34.2. The number of allylic oxidation sites excluding steroid dienone is 1. The van der Waals surface area contributed by atoms with Crippen molar-refractivity contribution in [1.29, 1.82) is 0 Å². The number of nitrogens with one attached hydrogen (secondary N) is 1. The Hall–Kier alpha value is -3.84. The summed E-state index contributed by atoms with van der Waals surface area (Å²) in [5.74, 6) is -3.90. The minimum Gasteiger partial charge on any atom is -0.455 e. The Balaban J connectivity index is 1.59. The lowest BCUT2D eigenvalue weighted by Crippen LogP contribution is -2.63. The van der Waals surface area contributed by atoms with Gasteiger partial charge in [-0.15, -0.1) is 13.2 Å². The van der Waals surface area contributed by atoms with Gasteiger partial charge in [-0.1, -0.05) is 110 Å². The van der Waals surface area contributed by atoms with Crippen LogP contribution in [0.5, 0.6) is 0 Å². The number of rotatable bonds is 19. The molecule has 3 saturated heterocycles. The number of alkyl halides is 1. The molecule has 9 atom stereocenters. The van der Waals surface area contributed by atoms with Gasteiger partial charge in [0, 0.05) is 30.4 Å². The van der Waals surface area contributed by atoms with Crippen LogP contribution < -0.4 is 5.32 Å². The highest BCUT2D eigenvalue weighted by Gasteiger charge is 2.78. The molecule has 1 spiro atoms. The first-order valence-electron chi connectivity index (χ1n) is 19.9. The van der Waals surface area contributed by atoms with E-state index >= 15 is 9.59 Å². The number of amides is 3. The third-order valence-electron chi connectivity index (χ3n) is 11.4. The van der Waals surface area contributed by atoms with Gasteiger partial charge >= 0.3 is 5.97 Å². The standard InChI is InChI=1S/C45H60BrN3O8/c1-9-11-22-34(51)47-33(27-55-8)37(30-20-16-13-17-21-30)56-42(54)35-36-40(52)49(31(26-50)24-29-18-14-12-15-19-29)39(45(36)25-32(46)38(35)57-45)41(53)48(23-10-2)44(6,7)28-43(3,4)5/h9-10,12-21,31-33,35-39,50H,1-2,11,22-28H2,3-8H3,(H,47,51)/t31-,32?,33+,35+,36-,37+,38+,39+,45-/m1/s1. The first-order chi connectivity index (χ1) is 27.0. The van der Waals surface area contributed by atoms with Gasteiger partial charge in [-0.05, 0) is 56.1 Å². The summed E-state index contributed by atoms with van der Waals surface area (Å²) in [5, 5.41) is 14.0. The molecule has 0 saturated carbocycles. The molecule has 3 amide bonds. The molecule has 2 aromatic carbocycles. The molecule has 1 unspecified atom stereocenters. The van der Waals surface area contributed by atoms with Crippen molar-refractivity contribution in [2.45, 2.75) is 113 Å². The maximum Gasteiger partial charge on any atom is 0.313 e. The highest BCUT2D eigenvalue weighted by Crippen LogP contribution is 2.61. The molecule has 11 nitrogen and oxygen atoms in total. The van der Waals surface area contributed by atoms with Crippen LogP contribution in [0, 0.1) is 17.3 Å². The summed E-state index contributed by atoms with van der Waals surface area (Å²) in [6, 6.07) is 15.9. The monoisotopic (exact) mass is 849 g/mol. The number of methoxy groups -OCH3 is 1. The average Bonchev–Trinajstić information content (AvgIpc) is 3.76. The van der Waals surface area contributed by atoms with Gasteiger partial charge in [0.25, 0.3) is 0 Å². The Morgan fingerprint density at radius 3 is 2.30 bits per heavy atom. The zero-order chi connectivity index (χ0) is 41.7. The molecule has 12 heteroatoms.